The van der Waals surface area contributed by atoms with Crippen LogP contribution >= 0.6 is 0 Å². The SMILES string of the molecule is O=S1c2ccccc2CN1c1cc(C(F)(F)F)nc(Oc2cccnc2)n1. The van der Waals surface area contributed by atoms with Crippen LogP contribution in [-0.2, 0) is 23.7 Å². The first-order valence-corrected chi connectivity index (χ1v) is 8.84. The quantitative estimate of drug-likeness (QED) is 0.680. The normalized spacial score (nSPS) is 16.3. The molecule has 1 aromatic carbocycles. The molecule has 1 aliphatic rings. The monoisotopic (exact) mass is 392 g/mol. The fraction of sp³-hybridized carbons (Fsp3) is 0.118. The van der Waals surface area contributed by atoms with Crippen molar-refractivity contribution in [3.63, 3.8) is 0 Å². The van der Waals surface area contributed by atoms with Crippen molar-refractivity contribution in [2.24, 2.45) is 0 Å². The molecule has 0 N–H and O–H groups in total. The van der Waals surface area contributed by atoms with E-state index in [1.54, 1.807) is 30.3 Å². The Kier molecular flexibility index (Phi) is 4.27. The number of anilines is 1. The molecule has 1 aliphatic heterocycles. The number of ether oxygens (including phenoxy) is 1. The third-order valence-electron chi connectivity index (χ3n) is 3.76. The number of hydrogen-bond acceptors (Lipinski definition) is 5. The van der Waals surface area contributed by atoms with Crippen molar-refractivity contribution < 1.29 is 22.1 Å². The molecule has 0 aliphatic carbocycles. The van der Waals surface area contributed by atoms with Gasteiger partial charge in [0.1, 0.15) is 11.6 Å². The van der Waals surface area contributed by atoms with Crippen molar-refractivity contribution in [3.05, 3.63) is 66.1 Å². The minimum absolute atomic E-state index is 0.134. The maximum absolute atomic E-state index is 13.3. The van der Waals surface area contributed by atoms with E-state index >= 15 is 0 Å². The lowest BCUT2D eigenvalue weighted by Gasteiger charge is -2.17. The van der Waals surface area contributed by atoms with Crippen LogP contribution in [0.2, 0.25) is 0 Å². The standard InChI is InChI=1S/C17H11F3N4O2S/c18-17(19,20)14-8-15(23-16(22-14)26-12-5-3-7-21-9-12)24-10-11-4-1-2-6-13(11)27(24)25/h1-9H,10H2. The van der Waals surface area contributed by atoms with Crippen LogP contribution in [0.5, 0.6) is 11.8 Å². The van der Waals surface area contributed by atoms with E-state index < -0.39 is 28.9 Å². The van der Waals surface area contributed by atoms with Crippen LogP contribution in [0.15, 0.2) is 59.8 Å². The summed E-state index contributed by atoms with van der Waals surface area (Å²) in [6.45, 7) is 0.170. The second kappa shape index (κ2) is 6.62. The highest BCUT2D eigenvalue weighted by atomic mass is 32.2. The van der Waals surface area contributed by atoms with Crippen LogP contribution < -0.4 is 9.04 Å². The summed E-state index contributed by atoms with van der Waals surface area (Å²) in [5, 5.41) is 0. The van der Waals surface area contributed by atoms with E-state index in [1.165, 1.54) is 22.8 Å². The zero-order valence-corrected chi connectivity index (χ0v) is 14.4. The van der Waals surface area contributed by atoms with E-state index in [0.717, 1.165) is 11.6 Å². The summed E-state index contributed by atoms with van der Waals surface area (Å²) in [5.41, 5.74) is -0.419. The molecule has 3 heterocycles. The molecule has 0 radical (unpaired) electrons. The zero-order chi connectivity index (χ0) is 19.0. The first-order chi connectivity index (χ1) is 12.9. The second-order valence-electron chi connectivity index (χ2n) is 5.58. The first-order valence-electron chi connectivity index (χ1n) is 7.73. The highest BCUT2D eigenvalue weighted by Crippen LogP contribution is 2.36. The number of alkyl halides is 3. The van der Waals surface area contributed by atoms with Crippen molar-refractivity contribution in [1.82, 2.24) is 15.0 Å². The van der Waals surface area contributed by atoms with Gasteiger partial charge in [-0.15, -0.1) is 0 Å². The lowest BCUT2D eigenvalue weighted by Crippen LogP contribution is -2.21. The molecular formula is C17H11F3N4O2S. The third-order valence-corrected chi connectivity index (χ3v) is 5.25. The Morgan fingerprint density at radius 3 is 2.63 bits per heavy atom. The summed E-state index contributed by atoms with van der Waals surface area (Å²) in [6.07, 6.45) is -1.89. The average Bonchev–Trinajstić information content (AvgIpc) is 2.99. The van der Waals surface area contributed by atoms with E-state index in [9.17, 15) is 17.4 Å². The molecule has 0 fully saturated rings. The highest BCUT2D eigenvalue weighted by molar-refractivity contribution is 7.86. The number of pyridine rings is 1. The molecule has 138 valence electrons. The van der Waals surface area contributed by atoms with Gasteiger partial charge in [-0.25, -0.2) is 4.21 Å². The van der Waals surface area contributed by atoms with Crippen LogP contribution in [0.4, 0.5) is 19.0 Å². The molecule has 27 heavy (non-hydrogen) atoms. The molecule has 4 rings (SSSR count). The van der Waals surface area contributed by atoms with Crippen molar-refractivity contribution >= 4 is 16.8 Å². The second-order valence-corrected chi connectivity index (χ2v) is 6.95. The van der Waals surface area contributed by atoms with Crippen molar-refractivity contribution in [3.8, 4) is 11.8 Å². The Morgan fingerprint density at radius 2 is 1.93 bits per heavy atom. The molecule has 0 spiro atoms. The summed E-state index contributed by atoms with van der Waals surface area (Å²) < 4.78 is 59.1. The van der Waals surface area contributed by atoms with Crippen molar-refractivity contribution in [2.45, 2.75) is 17.6 Å². The number of aromatic nitrogens is 3. The number of nitrogens with zero attached hydrogens (tertiary/aromatic N) is 4. The Labute approximate surface area is 154 Å². The molecule has 0 bridgehead atoms. The molecule has 0 saturated carbocycles. The summed E-state index contributed by atoms with van der Waals surface area (Å²) in [4.78, 5) is 11.8. The minimum Gasteiger partial charge on any atom is -0.423 e. The molecule has 1 unspecified atom stereocenters. The Hall–Kier alpha value is -3.01. The van der Waals surface area contributed by atoms with Crippen LogP contribution in [0.25, 0.3) is 0 Å². The van der Waals surface area contributed by atoms with E-state index in [1.807, 2.05) is 0 Å². The van der Waals surface area contributed by atoms with Crippen molar-refractivity contribution in [1.29, 1.82) is 0 Å². The van der Waals surface area contributed by atoms with Gasteiger partial charge in [0, 0.05) is 12.3 Å². The molecule has 2 aromatic heterocycles. The predicted molar refractivity (Wildman–Crippen MR) is 90.4 cm³/mol. The lowest BCUT2D eigenvalue weighted by molar-refractivity contribution is -0.141. The van der Waals surface area contributed by atoms with E-state index in [4.69, 9.17) is 4.74 Å². The summed E-state index contributed by atoms with van der Waals surface area (Å²) in [5.74, 6) is 0.0550. The molecule has 1 atom stereocenters. The maximum Gasteiger partial charge on any atom is 0.433 e. The topological polar surface area (TPSA) is 68.2 Å². The van der Waals surface area contributed by atoms with Gasteiger partial charge < -0.3 is 4.74 Å². The van der Waals surface area contributed by atoms with Crippen molar-refractivity contribution in [2.75, 3.05) is 4.31 Å². The first kappa shape index (κ1) is 17.4. The number of rotatable bonds is 3. The summed E-state index contributed by atoms with van der Waals surface area (Å²) in [6, 6.07) is 10.3. The number of fused-ring (bicyclic) bond motifs is 1. The van der Waals surface area contributed by atoms with Gasteiger partial charge in [0.25, 0.3) is 0 Å². The average molecular weight is 392 g/mol. The number of benzene rings is 1. The van der Waals surface area contributed by atoms with Crippen LogP contribution in [0, 0.1) is 0 Å². The predicted octanol–water partition coefficient (Wildman–Crippen LogP) is 3.73. The molecule has 3 aromatic rings. The van der Waals surface area contributed by atoms with E-state index in [-0.39, 0.29) is 18.1 Å². The van der Waals surface area contributed by atoms with Gasteiger partial charge in [0.05, 0.1) is 17.6 Å². The van der Waals surface area contributed by atoms with Crippen LogP contribution in [0.3, 0.4) is 0 Å². The summed E-state index contributed by atoms with van der Waals surface area (Å²) in [7, 11) is -1.67. The van der Waals surface area contributed by atoms with Crippen LogP contribution in [-0.4, -0.2) is 19.2 Å². The fourth-order valence-electron chi connectivity index (χ4n) is 2.55. The Morgan fingerprint density at radius 1 is 1.11 bits per heavy atom. The maximum atomic E-state index is 13.3. The summed E-state index contributed by atoms with van der Waals surface area (Å²) >= 11 is 0. The van der Waals surface area contributed by atoms with Gasteiger partial charge in [-0.3, -0.25) is 9.29 Å². The van der Waals surface area contributed by atoms with Gasteiger partial charge in [-0.1, -0.05) is 18.2 Å². The largest absolute Gasteiger partial charge is 0.433 e. The highest BCUT2D eigenvalue weighted by Gasteiger charge is 2.36. The molecular weight excluding hydrogens is 381 g/mol. The van der Waals surface area contributed by atoms with E-state index in [0.29, 0.717) is 4.90 Å². The van der Waals surface area contributed by atoms with Gasteiger partial charge in [0.15, 0.2) is 16.7 Å². The smallest absolute Gasteiger partial charge is 0.423 e. The molecule has 6 nitrogen and oxygen atoms in total. The minimum atomic E-state index is -4.71. The van der Waals surface area contributed by atoms with Gasteiger partial charge in [-0.05, 0) is 23.8 Å². The molecule has 10 heteroatoms. The number of halogens is 3. The molecule has 0 amide bonds. The Bertz CT molecular complexity index is 1010. The lowest BCUT2D eigenvalue weighted by atomic mass is 10.2. The third kappa shape index (κ3) is 3.47. The molecule has 0 saturated heterocycles. The van der Waals surface area contributed by atoms with E-state index in [2.05, 4.69) is 15.0 Å². The van der Waals surface area contributed by atoms with Gasteiger partial charge in [-0.2, -0.15) is 23.1 Å². The number of hydrogen-bond donors (Lipinski definition) is 0. The van der Waals surface area contributed by atoms with Gasteiger partial charge in [0.2, 0.25) is 0 Å². The van der Waals surface area contributed by atoms with Crippen LogP contribution in [0.1, 0.15) is 11.3 Å². The fourth-order valence-corrected chi connectivity index (χ4v) is 3.86. The zero-order valence-electron chi connectivity index (χ0n) is 13.6. The Balaban J connectivity index is 1.74. The van der Waals surface area contributed by atoms with Gasteiger partial charge >= 0.3 is 12.2 Å².